The van der Waals surface area contributed by atoms with E-state index in [1.54, 1.807) is 7.11 Å². The van der Waals surface area contributed by atoms with Gasteiger partial charge in [-0.05, 0) is 18.8 Å². The highest BCUT2D eigenvalue weighted by Gasteiger charge is 2.42. The molecule has 0 radical (unpaired) electrons. The van der Waals surface area contributed by atoms with Crippen LogP contribution in [0.5, 0.6) is 0 Å². The van der Waals surface area contributed by atoms with E-state index in [1.807, 2.05) is 0 Å². The molecule has 0 aromatic carbocycles. The molecule has 1 saturated heterocycles. The number of piperidine rings is 1. The van der Waals surface area contributed by atoms with Crippen LogP contribution in [0.25, 0.3) is 0 Å². The number of hydrogen-bond acceptors (Lipinski definition) is 4. The van der Waals surface area contributed by atoms with E-state index in [-0.39, 0.29) is 0 Å². The molecule has 0 bridgehead atoms. The molecule has 4 nitrogen and oxygen atoms in total. The average molecular weight is 241 g/mol. The van der Waals surface area contributed by atoms with E-state index in [4.69, 9.17) is 4.74 Å². The van der Waals surface area contributed by atoms with E-state index in [0.29, 0.717) is 38.5 Å². The largest absolute Gasteiger partial charge is 0.492 e. The predicted molar refractivity (Wildman–Crippen MR) is 48.3 cm³/mol. The topological polar surface area (TPSA) is 38.8 Å². The Morgan fingerprint density at radius 1 is 1.38 bits per heavy atom. The third-order valence-electron chi connectivity index (χ3n) is 2.42. The minimum absolute atomic E-state index is 0.315. The highest BCUT2D eigenvalue weighted by atomic mass is 19.4. The van der Waals surface area contributed by atoms with Gasteiger partial charge in [0.15, 0.2) is 0 Å². The molecule has 1 aliphatic rings. The molecule has 0 aliphatic carbocycles. The molecule has 16 heavy (non-hydrogen) atoms. The summed E-state index contributed by atoms with van der Waals surface area (Å²) in [6.45, 7) is 1.22. The van der Waals surface area contributed by atoms with E-state index >= 15 is 0 Å². The van der Waals surface area contributed by atoms with Gasteiger partial charge < -0.3 is 9.57 Å². The molecular weight excluding hydrogens is 227 g/mol. The van der Waals surface area contributed by atoms with Gasteiger partial charge in [0.25, 0.3) is 0 Å². The summed E-state index contributed by atoms with van der Waals surface area (Å²) in [4.78, 5) is 14.7. The van der Waals surface area contributed by atoms with Gasteiger partial charge in [-0.1, -0.05) is 0 Å². The van der Waals surface area contributed by atoms with Gasteiger partial charge in [0.05, 0.1) is 0 Å². The molecule has 0 spiro atoms. The van der Waals surface area contributed by atoms with Gasteiger partial charge in [0.2, 0.25) is 0 Å². The smallest absolute Gasteiger partial charge is 0.384 e. The van der Waals surface area contributed by atoms with Gasteiger partial charge >= 0.3 is 12.1 Å². The highest BCUT2D eigenvalue weighted by molar-refractivity contribution is 5.75. The van der Waals surface area contributed by atoms with Crippen molar-refractivity contribution in [2.24, 2.45) is 5.92 Å². The second kappa shape index (κ2) is 5.49. The maximum Gasteiger partial charge on any atom is 0.492 e. The molecule has 0 aromatic rings. The third kappa shape index (κ3) is 3.97. The van der Waals surface area contributed by atoms with E-state index < -0.39 is 12.1 Å². The van der Waals surface area contributed by atoms with Gasteiger partial charge in [-0.3, -0.25) is 0 Å². The molecule has 0 atom stereocenters. The van der Waals surface area contributed by atoms with Crippen LogP contribution in [0.4, 0.5) is 13.2 Å². The number of carbonyl (C=O) groups excluding carboxylic acids is 1. The van der Waals surface area contributed by atoms with Crippen molar-refractivity contribution in [2.45, 2.75) is 19.0 Å². The second-order valence-electron chi connectivity index (χ2n) is 3.70. The van der Waals surface area contributed by atoms with Crippen LogP contribution < -0.4 is 0 Å². The number of rotatable bonds is 3. The van der Waals surface area contributed by atoms with Crippen molar-refractivity contribution in [2.75, 3.05) is 26.8 Å². The fourth-order valence-electron chi connectivity index (χ4n) is 1.57. The number of hydrogen-bond donors (Lipinski definition) is 0. The Bertz CT molecular complexity index is 237. The van der Waals surface area contributed by atoms with Crippen molar-refractivity contribution >= 4 is 5.97 Å². The van der Waals surface area contributed by atoms with Crippen molar-refractivity contribution in [3.63, 3.8) is 0 Å². The average Bonchev–Trinajstić information content (AvgIpc) is 2.20. The minimum atomic E-state index is -4.93. The lowest BCUT2D eigenvalue weighted by Gasteiger charge is -2.30. The summed E-state index contributed by atoms with van der Waals surface area (Å²) in [6, 6.07) is 0. The first-order chi connectivity index (χ1) is 7.43. The van der Waals surface area contributed by atoms with Crippen LogP contribution in [-0.2, 0) is 14.4 Å². The van der Waals surface area contributed by atoms with Crippen LogP contribution in [0.1, 0.15) is 12.8 Å². The van der Waals surface area contributed by atoms with Crippen molar-refractivity contribution in [1.29, 1.82) is 0 Å². The molecular formula is C9H14F3NO3. The summed E-state index contributed by atoms with van der Waals surface area (Å²) in [5.74, 6) is -1.83. The van der Waals surface area contributed by atoms with Crippen LogP contribution in [0.3, 0.4) is 0 Å². The second-order valence-corrected chi connectivity index (χ2v) is 3.70. The van der Waals surface area contributed by atoms with Gasteiger partial charge in [-0.25, -0.2) is 4.79 Å². The Kier molecular flexibility index (Phi) is 4.55. The first kappa shape index (κ1) is 13.2. The lowest BCUT2D eigenvalue weighted by atomic mass is 9.99. The Balaban J connectivity index is 2.30. The normalized spacial score (nSPS) is 19.8. The van der Waals surface area contributed by atoms with Crippen LogP contribution in [0.2, 0.25) is 0 Å². The number of carbonyl (C=O) groups is 1. The first-order valence-electron chi connectivity index (χ1n) is 4.96. The Morgan fingerprint density at radius 2 is 1.94 bits per heavy atom. The van der Waals surface area contributed by atoms with Crippen LogP contribution in [0, 0.1) is 5.92 Å². The molecule has 94 valence electrons. The molecule has 0 saturated carbocycles. The summed E-state index contributed by atoms with van der Waals surface area (Å²) < 4.78 is 40.6. The molecule has 7 heteroatoms. The van der Waals surface area contributed by atoms with Crippen LogP contribution in [-0.4, -0.2) is 44.0 Å². The maximum atomic E-state index is 11.9. The summed E-state index contributed by atoms with van der Waals surface area (Å²) in [5.41, 5.74) is 0. The zero-order valence-corrected chi connectivity index (χ0v) is 8.92. The van der Waals surface area contributed by atoms with Crippen molar-refractivity contribution in [1.82, 2.24) is 5.06 Å². The molecule has 1 fully saturated rings. The van der Waals surface area contributed by atoms with Gasteiger partial charge in [-0.15, -0.1) is 5.06 Å². The molecule has 1 heterocycles. The number of ether oxygens (including phenoxy) is 1. The zero-order chi connectivity index (χ0) is 12.2. The SMILES string of the molecule is COCC1CCN(OC(=O)C(F)(F)F)CC1. The highest BCUT2D eigenvalue weighted by Crippen LogP contribution is 2.21. The van der Waals surface area contributed by atoms with Gasteiger partial charge in [-0.2, -0.15) is 13.2 Å². The molecule has 0 N–H and O–H groups in total. The Labute approximate surface area is 91.3 Å². The molecule has 1 aliphatic heterocycles. The quantitative estimate of drug-likeness (QED) is 0.748. The van der Waals surface area contributed by atoms with Gasteiger partial charge in [0.1, 0.15) is 0 Å². The Morgan fingerprint density at radius 3 is 2.38 bits per heavy atom. The van der Waals surface area contributed by atoms with E-state index in [9.17, 15) is 18.0 Å². The number of alkyl halides is 3. The molecule has 0 unspecified atom stereocenters. The van der Waals surface area contributed by atoms with Crippen LogP contribution in [0.15, 0.2) is 0 Å². The minimum Gasteiger partial charge on any atom is -0.384 e. The third-order valence-corrected chi connectivity index (χ3v) is 2.42. The molecule has 0 amide bonds. The number of hydroxylamine groups is 2. The number of nitrogens with zero attached hydrogens (tertiary/aromatic N) is 1. The standard InChI is InChI=1S/C9H14F3NO3/c1-15-6-7-2-4-13(5-3-7)16-8(14)9(10,11)12/h7H,2-6H2,1H3. The van der Waals surface area contributed by atoms with E-state index in [2.05, 4.69) is 4.84 Å². The van der Waals surface area contributed by atoms with Gasteiger partial charge in [0, 0.05) is 26.8 Å². The first-order valence-corrected chi connectivity index (χ1v) is 4.96. The zero-order valence-electron chi connectivity index (χ0n) is 8.92. The summed E-state index contributed by atoms with van der Waals surface area (Å²) in [6.07, 6.45) is -3.60. The van der Waals surface area contributed by atoms with E-state index in [1.165, 1.54) is 0 Å². The molecule has 0 aromatic heterocycles. The Hall–Kier alpha value is -0.820. The predicted octanol–water partition coefficient (Wildman–Crippen LogP) is 1.37. The maximum absolute atomic E-state index is 11.9. The van der Waals surface area contributed by atoms with Crippen molar-refractivity contribution in [3.8, 4) is 0 Å². The summed E-state index contributed by atoms with van der Waals surface area (Å²) >= 11 is 0. The van der Waals surface area contributed by atoms with Crippen molar-refractivity contribution < 1.29 is 27.5 Å². The van der Waals surface area contributed by atoms with Crippen LogP contribution >= 0.6 is 0 Å². The lowest BCUT2D eigenvalue weighted by Crippen LogP contribution is -2.40. The summed E-state index contributed by atoms with van der Waals surface area (Å²) in [7, 11) is 1.58. The fourth-order valence-corrected chi connectivity index (χ4v) is 1.57. The monoisotopic (exact) mass is 241 g/mol. The summed E-state index contributed by atoms with van der Waals surface area (Å²) in [5, 5.41) is 1.06. The number of halogens is 3. The van der Waals surface area contributed by atoms with Crippen molar-refractivity contribution in [3.05, 3.63) is 0 Å². The van der Waals surface area contributed by atoms with E-state index in [0.717, 1.165) is 5.06 Å². The fraction of sp³-hybridized carbons (Fsp3) is 0.889. The molecule has 1 rings (SSSR count). The number of methoxy groups -OCH3 is 1. The lowest BCUT2D eigenvalue weighted by molar-refractivity contribution is -0.242.